The number of halogens is 2. The molecule has 56 heavy (non-hydrogen) atoms. The van der Waals surface area contributed by atoms with Crippen LogP contribution in [-0.4, -0.2) is 88.5 Å². The van der Waals surface area contributed by atoms with Crippen LogP contribution in [0, 0.1) is 5.92 Å². The van der Waals surface area contributed by atoms with E-state index in [0.29, 0.717) is 30.1 Å². The Bertz CT molecular complexity index is 2300. The van der Waals surface area contributed by atoms with Gasteiger partial charge in [-0.3, -0.25) is 33.5 Å². The molecule has 2 aliphatic heterocycles. The van der Waals surface area contributed by atoms with Crippen LogP contribution < -0.4 is 16.3 Å². The number of hydrogen-bond donors (Lipinski definition) is 2. The van der Waals surface area contributed by atoms with Gasteiger partial charge in [-0.2, -0.15) is 10.2 Å². The predicted molar refractivity (Wildman–Crippen MR) is 201 cm³/mol. The molecule has 8 rings (SSSR count). The predicted octanol–water partition coefficient (Wildman–Crippen LogP) is 4.59. The van der Waals surface area contributed by atoms with Gasteiger partial charge >= 0.3 is 5.69 Å². The molecule has 1 saturated carbocycles. The van der Waals surface area contributed by atoms with E-state index in [1.165, 1.54) is 27.7 Å². The molecule has 0 spiro atoms. The smallest absolute Gasteiger partial charge is 0.329 e. The zero-order valence-corrected chi connectivity index (χ0v) is 31.3. The summed E-state index contributed by atoms with van der Waals surface area (Å²) in [7, 11) is 1.72. The first-order valence-corrected chi connectivity index (χ1v) is 19.5. The Balaban J connectivity index is 0.781. The number of anilines is 1. The molecule has 4 aromatic heterocycles. The van der Waals surface area contributed by atoms with Gasteiger partial charge in [0.15, 0.2) is 11.3 Å². The summed E-state index contributed by atoms with van der Waals surface area (Å²) in [6.45, 7) is 3.53. The Morgan fingerprint density at radius 1 is 1.05 bits per heavy atom. The Hall–Kier alpha value is -5.29. The number of nitrogens with zero attached hydrogens (tertiary/aromatic N) is 8. The number of piperidine rings is 2. The van der Waals surface area contributed by atoms with E-state index in [-0.39, 0.29) is 41.4 Å². The zero-order chi connectivity index (χ0) is 38.9. The number of amides is 3. The van der Waals surface area contributed by atoms with Crippen LogP contribution in [0.1, 0.15) is 97.9 Å². The Labute approximate surface area is 321 Å². The van der Waals surface area contributed by atoms with Crippen LogP contribution in [0.3, 0.4) is 0 Å². The number of carbonyl (C=O) groups excluding carboxylic acids is 3. The third kappa shape index (κ3) is 7.61. The number of imide groups is 1. The monoisotopic (exact) mass is 772 g/mol. The minimum absolute atomic E-state index is 0.00136. The van der Waals surface area contributed by atoms with Gasteiger partial charge in [0.25, 0.3) is 12.3 Å². The van der Waals surface area contributed by atoms with Crippen molar-refractivity contribution in [1.82, 2.24) is 43.7 Å². The second kappa shape index (κ2) is 16.1. The van der Waals surface area contributed by atoms with Crippen LogP contribution in [0.25, 0.3) is 16.7 Å². The molecule has 2 N–H and O–H groups in total. The van der Waals surface area contributed by atoms with Gasteiger partial charge in [0.1, 0.15) is 11.6 Å². The fourth-order valence-electron chi connectivity index (χ4n) is 8.71. The molecule has 6 heterocycles. The highest BCUT2D eigenvalue weighted by atomic mass is 19.3. The number of likely N-dealkylation sites (tertiary alicyclic amines) is 1. The molecule has 3 amide bonds. The fourth-order valence-corrected chi connectivity index (χ4v) is 8.71. The van der Waals surface area contributed by atoms with Gasteiger partial charge in [0.05, 0.1) is 35.1 Å². The lowest BCUT2D eigenvalue weighted by molar-refractivity contribution is -0.135. The van der Waals surface area contributed by atoms with Gasteiger partial charge in [0, 0.05) is 58.3 Å². The third-order valence-electron chi connectivity index (χ3n) is 11.6. The molecule has 15 nitrogen and oxygen atoms in total. The lowest BCUT2D eigenvalue weighted by atomic mass is 9.85. The number of alkyl halides is 2. The molecule has 17 heteroatoms. The molecule has 2 saturated heterocycles. The third-order valence-corrected chi connectivity index (χ3v) is 11.6. The standard InChI is InChI=1S/C39H46F2N10O5/c1-47-34-25(5-2-7-30(34)51(39(47)55)31-12-13-32(52)45-38(31)54)6-3-20-56-27-14-18-48(19-15-27)22-24-8-10-26(11-9-24)50-23-29(33(46-50)35(40)41)44-37(53)28-21-43-49-17-4-16-42-36(28)49/h2,4-5,7,16-17,21,23-24,26-27,31,35H,3,6,8-15,18-20,22H2,1H3,(H,44,53)(H,45,52,54)/t24-,26-,31?. The minimum atomic E-state index is -2.84. The normalized spacial score (nSPS) is 21.3. The maximum atomic E-state index is 14.0. The van der Waals surface area contributed by atoms with Crippen molar-refractivity contribution in [2.75, 3.05) is 31.6 Å². The lowest BCUT2D eigenvalue weighted by Gasteiger charge is -2.36. The molecule has 3 aliphatic rings. The molecule has 5 aromatic rings. The van der Waals surface area contributed by atoms with Crippen molar-refractivity contribution in [3.8, 4) is 0 Å². The van der Waals surface area contributed by atoms with Gasteiger partial charge in [-0.25, -0.2) is 23.1 Å². The van der Waals surface area contributed by atoms with E-state index in [4.69, 9.17) is 4.74 Å². The molecule has 0 bridgehead atoms. The van der Waals surface area contributed by atoms with Crippen molar-refractivity contribution in [3.05, 3.63) is 76.4 Å². The van der Waals surface area contributed by atoms with Crippen molar-refractivity contribution in [3.63, 3.8) is 0 Å². The first-order valence-electron chi connectivity index (χ1n) is 19.5. The Morgan fingerprint density at radius 2 is 1.86 bits per heavy atom. The summed E-state index contributed by atoms with van der Waals surface area (Å²) < 4.78 is 40.5. The Morgan fingerprint density at radius 3 is 2.62 bits per heavy atom. The number of para-hydroxylation sites is 1. The molecular weight excluding hydrogens is 726 g/mol. The highest BCUT2D eigenvalue weighted by Crippen LogP contribution is 2.36. The number of carbonyl (C=O) groups is 3. The fraction of sp³-hybridized carbons (Fsp3) is 0.513. The average molecular weight is 773 g/mol. The van der Waals surface area contributed by atoms with Crippen LogP contribution in [0.5, 0.6) is 0 Å². The molecule has 0 radical (unpaired) electrons. The summed E-state index contributed by atoms with van der Waals surface area (Å²) in [4.78, 5) is 57.2. The van der Waals surface area contributed by atoms with Crippen LogP contribution >= 0.6 is 0 Å². The van der Waals surface area contributed by atoms with Crippen LogP contribution in [0.4, 0.5) is 14.5 Å². The highest BCUT2D eigenvalue weighted by Gasteiger charge is 2.32. The molecule has 296 valence electrons. The molecule has 3 fully saturated rings. The van der Waals surface area contributed by atoms with Crippen LogP contribution in [-0.2, 0) is 27.8 Å². The van der Waals surface area contributed by atoms with Gasteiger partial charge in [-0.1, -0.05) is 12.1 Å². The van der Waals surface area contributed by atoms with E-state index >= 15 is 0 Å². The number of fused-ring (bicyclic) bond motifs is 2. The number of imidazole rings is 1. The van der Waals surface area contributed by atoms with Gasteiger partial charge < -0.3 is 15.0 Å². The van der Waals surface area contributed by atoms with Crippen molar-refractivity contribution in [2.24, 2.45) is 13.0 Å². The van der Waals surface area contributed by atoms with Gasteiger partial charge in [0.2, 0.25) is 11.8 Å². The minimum Gasteiger partial charge on any atom is -0.378 e. The maximum Gasteiger partial charge on any atom is 0.329 e. The highest BCUT2D eigenvalue weighted by molar-refractivity contribution is 6.08. The molecule has 1 atom stereocenters. The lowest BCUT2D eigenvalue weighted by Crippen LogP contribution is -2.44. The summed E-state index contributed by atoms with van der Waals surface area (Å²) >= 11 is 0. The SMILES string of the molecule is Cn1c(=O)n(C2CCC(=O)NC2=O)c2cccc(CCCOC3CCN(C[C@H]4CC[C@H](n5cc(NC(=O)c6cnn7cccnc67)c(C(F)F)n5)CC4)CC3)c21. The Kier molecular flexibility index (Phi) is 10.8. The number of hydrogen-bond acceptors (Lipinski definition) is 9. The van der Waals surface area contributed by atoms with Crippen molar-refractivity contribution < 1.29 is 27.9 Å². The molecule has 1 aliphatic carbocycles. The van der Waals surface area contributed by atoms with Crippen molar-refractivity contribution >= 4 is 40.1 Å². The number of nitrogens with one attached hydrogen (secondary N) is 2. The maximum absolute atomic E-state index is 14.0. The molecule has 1 unspecified atom stereocenters. The number of rotatable bonds is 12. The molecule has 1 aromatic carbocycles. The van der Waals surface area contributed by atoms with Crippen LogP contribution in [0.15, 0.2) is 53.8 Å². The zero-order valence-electron chi connectivity index (χ0n) is 31.3. The summed E-state index contributed by atoms with van der Waals surface area (Å²) in [5, 5.41) is 13.3. The number of aromatic nitrogens is 7. The van der Waals surface area contributed by atoms with E-state index in [1.807, 2.05) is 18.2 Å². The first-order chi connectivity index (χ1) is 27.1. The van der Waals surface area contributed by atoms with Crippen molar-refractivity contribution in [1.29, 1.82) is 0 Å². The van der Waals surface area contributed by atoms with Crippen molar-refractivity contribution in [2.45, 2.75) is 88.8 Å². The van der Waals surface area contributed by atoms with E-state index < -0.39 is 30.0 Å². The van der Waals surface area contributed by atoms with E-state index in [0.717, 1.165) is 82.1 Å². The second-order valence-corrected chi connectivity index (χ2v) is 15.2. The number of benzene rings is 1. The largest absolute Gasteiger partial charge is 0.378 e. The van der Waals surface area contributed by atoms with Gasteiger partial charge in [-0.15, -0.1) is 0 Å². The number of ether oxygens (including phenoxy) is 1. The second-order valence-electron chi connectivity index (χ2n) is 15.2. The quantitative estimate of drug-likeness (QED) is 0.137. The summed E-state index contributed by atoms with van der Waals surface area (Å²) in [5.41, 5.74) is 2.34. The molecular formula is C39H46F2N10O5. The summed E-state index contributed by atoms with van der Waals surface area (Å²) in [5.74, 6) is -0.808. The van der Waals surface area contributed by atoms with Crippen LogP contribution in [0.2, 0.25) is 0 Å². The summed E-state index contributed by atoms with van der Waals surface area (Å²) in [6, 6.07) is 6.73. The average Bonchev–Trinajstić information content (AvgIpc) is 3.89. The van der Waals surface area contributed by atoms with Gasteiger partial charge in [-0.05, 0) is 81.4 Å². The first kappa shape index (κ1) is 37.6. The van der Waals surface area contributed by atoms with E-state index in [1.54, 1.807) is 28.6 Å². The summed E-state index contributed by atoms with van der Waals surface area (Å²) in [6.07, 6.45) is 11.0. The topological polar surface area (TPSA) is 163 Å². The van der Waals surface area contributed by atoms with E-state index in [9.17, 15) is 28.0 Å². The van der Waals surface area contributed by atoms with E-state index in [2.05, 4.69) is 30.7 Å². The number of aryl methyl sites for hydroxylation is 2.